The first-order chi connectivity index (χ1) is 9.95. The molecule has 2 unspecified atom stereocenters. The maximum Gasteiger partial charge on any atom is 0.303 e. The Kier molecular flexibility index (Phi) is 3.47. The van der Waals surface area contributed by atoms with E-state index in [4.69, 9.17) is 5.11 Å². The molecule has 6 heteroatoms. The Labute approximate surface area is 123 Å². The van der Waals surface area contributed by atoms with Crippen molar-refractivity contribution in [2.75, 3.05) is 0 Å². The summed E-state index contributed by atoms with van der Waals surface area (Å²) in [6.07, 6.45) is 3.82. The molecule has 21 heavy (non-hydrogen) atoms. The van der Waals surface area contributed by atoms with Crippen LogP contribution in [0.5, 0.6) is 0 Å². The van der Waals surface area contributed by atoms with Crippen LogP contribution < -0.4 is 0 Å². The van der Waals surface area contributed by atoms with Crippen LogP contribution in [-0.2, 0) is 11.8 Å². The lowest BCUT2D eigenvalue weighted by molar-refractivity contribution is -0.138. The van der Waals surface area contributed by atoms with Crippen LogP contribution in [0.15, 0.2) is 6.07 Å². The molecule has 0 saturated carbocycles. The summed E-state index contributed by atoms with van der Waals surface area (Å²) in [4.78, 5) is 25.6. The summed E-state index contributed by atoms with van der Waals surface area (Å²) < 4.78 is 1.64. The fraction of sp³-hybridized carbons (Fsp3) is 0.667. The van der Waals surface area contributed by atoms with E-state index < -0.39 is 5.97 Å². The van der Waals surface area contributed by atoms with Crippen molar-refractivity contribution in [3.8, 4) is 0 Å². The Morgan fingerprint density at radius 1 is 1.33 bits per heavy atom. The monoisotopic (exact) mass is 291 g/mol. The number of aromatic nitrogens is 2. The van der Waals surface area contributed by atoms with E-state index in [-0.39, 0.29) is 30.3 Å². The summed E-state index contributed by atoms with van der Waals surface area (Å²) in [5.41, 5.74) is 1.47. The highest BCUT2D eigenvalue weighted by Gasteiger charge is 2.44. The van der Waals surface area contributed by atoms with Crippen LogP contribution in [0.4, 0.5) is 0 Å². The zero-order chi connectivity index (χ0) is 15.1. The molecular weight excluding hydrogens is 270 g/mol. The van der Waals surface area contributed by atoms with Gasteiger partial charge in [-0.15, -0.1) is 0 Å². The molecule has 0 spiro atoms. The minimum absolute atomic E-state index is 0.0411. The van der Waals surface area contributed by atoms with Gasteiger partial charge in [-0.2, -0.15) is 5.10 Å². The first kappa shape index (κ1) is 14.1. The van der Waals surface area contributed by atoms with Gasteiger partial charge < -0.3 is 10.0 Å². The van der Waals surface area contributed by atoms with Gasteiger partial charge in [0.25, 0.3) is 5.91 Å². The van der Waals surface area contributed by atoms with E-state index in [1.54, 1.807) is 11.7 Å². The number of carbonyl (C=O) groups excluding carboxylic acids is 1. The number of piperidine rings is 1. The van der Waals surface area contributed by atoms with Crippen LogP contribution in [0.3, 0.4) is 0 Å². The van der Waals surface area contributed by atoms with E-state index in [0.717, 1.165) is 31.4 Å². The summed E-state index contributed by atoms with van der Waals surface area (Å²) in [5.74, 6) is -0.488. The number of aryl methyl sites for hydroxylation is 2. The minimum Gasteiger partial charge on any atom is -0.481 e. The third kappa shape index (κ3) is 2.54. The molecule has 2 atom stereocenters. The number of carboxylic acids is 1. The molecule has 1 N–H and O–H groups in total. The quantitative estimate of drug-likeness (QED) is 0.917. The molecule has 0 radical (unpaired) electrons. The molecule has 6 nitrogen and oxygen atoms in total. The van der Waals surface area contributed by atoms with Crippen LogP contribution in [-0.4, -0.2) is 43.7 Å². The number of aliphatic carboxylic acids is 1. The number of carboxylic acid groups (broad SMARTS) is 1. The average Bonchev–Trinajstić information content (AvgIpc) is 2.85. The number of carbonyl (C=O) groups is 2. The minimum atomic E-state index is -0.735. The molecule has 2 aliphatic rings. The van der Waals surface area contributed by atoms with Crippen LogP contribution in [0.1, 0.15) is 48.3 Å². The average molecular weight is 291 g/mol. The molecule has 3 rings (SSSR count). The second-order valence-corrected chi connectivity index (χ2v) is 6.33. The Bertz CT molecular complexity index is 567. The van der Waals surface area contributed by atoms with Gasteiger partial charge in [0.15, 0.2) is 0 Å². The van der Waals surface area contributed by atoms with E-state index in [1.165, 1.54) is 0 Å². The maximum atomic E-state index is 12.8. The van der Waals surface area contributed by atoms with E-state index in [9.17, 15) is 9.59 Å². The Morgan fingerprint density at radius 2 is 1.95 bits per heavy atom. The fourth-order valence-electron chi connectivity index (χ4n) is 3.98. The fourth-order valence-corrected chi connectivity index (χ4v) is 3.98. The zero-order valence-electron chi connectivity index (χ0n) is 12.5. The third-order valence-electron chi connectivity index (χ3n) is 4.75. The number of rotatable bonds is 3. The zero-order valence-corrected chi connectivity index (χ0v) is 12.5. The second kappa shape index (κ2) is 5.16. The summed E-state index contributed by atoms with van der Waals surface area (Å²) in [5, 5.41) is 13.2. The molecule has 0 aliphatic carbocycles. The molecule has 2 bridgehead atoms. The van der Waals surface area contributed by atoms with Crippen molar-refractivity contribution in [1.29, 1.82) is 0 Å². The van der Waals surface area contributed by atoms with E-state index in [1.807, 2.05) is 17.9 Å². The van der Waals surface area contributed by atoms with Gasteiger partial charge in [-0.05, 0) is 44.6 Å². The summed E-state index contributed by atoms with van der Waals surface area (Å²) in [6, 6.07) is 2.21. The highest BCUT2D eigenvalue weighted by atomic mass is 16.4. The predicted octanol–water partition coefficient (Wildman–Crippen LogP) is 1.59. The molecule has 1 aromatic heterocycles. The van der Waals surface area contributed by atoms with Gasteiger partial charge in [-0.1, -0.05) is 0 Å². The molecular formula is C15H21N3O3. The molecule has 114 valence electrons. The number of nitrogens with zero attached hydrogens (tertiary/aromatic N) is 3. The Morgan fingerprint density at radius 3 is 2.43 bits per heavy atom. The van der Waals surface area contributed by atoms with Crippen molar-refractivity contribution in [3.63, 3.8) is 0 Å². The van der Waals surface area contributed by atoms with Gasteiger partial charge in [0, 0.05) is 25.6 Å². The number of fused-ring (bicyclic) bond motifs is 2. The summed E-state index contributed by atoms with van der Waals surface area (Å²) in [6.45, 7) is 1.88. The molecule has 2 fully saturated rings. The topological polar surface area (TPSA) is 75.4 Å². The van der Waals surface area contributed by atoms with Crippen molar-refractivity contribution in [1.82, 2.24) is 14.7 Å². The third-order valence-corrected chi connectivity index (χ3v) is 4.75. The van der Waals surface area contributed by atoms with Crippen molar-refractivity contribution in [3.05, 3.63) is 17.5 Å². The Hall–Kier alpha value is -1.85. The number of amides is 1. The smallest absolute Gasteiger partial charge is 0.303 e. The lowest BCUT2D eigenvalue weighted by Gasteiger charge is -2.38. The van der Waals surface area contributed by atoms with E-state index in [0.29, 0.717) is 5.69 Å². The molecule has 3 heterocycles. The predicted molar refractivity (Wildman–Crippen MR) is 75.9 cm³/mol. The molecule has 2 aliphatic heterocycles. The second-order valence-electron chi connectivity index (χ2n) is 6.33. The van der Waals surface area contributed by atoms with Crippen molar-refractivity contribution >= 4 is 11.9 Å². The van der Waals surface area contributed by atoms with Crippen LogP contribution >= 0.6 is 0 Å². The van der Waals surface area contributed by atoms with E-state index >= 15 is 0 Å². The lowest BCUT2D eigenvalue weighted by Crippen LogP contribution is -2.47. The first-order valence-corrected chi connectivity index (χ1v) is 7.50. The van der Waals surface area contributed by atoms with Crippen LogP contribution in [0.25, 0.3) is 0 Å². The summed E-state index contributed by atoms with van der Waals surface area (Å²) >= 11 is 0. The molecule has 1 amide bonds. The van der Waals surface area contributed by atoms with Crippen LogP contribution in [0.2, 0.25) is 0 Å². The van der Waals surface area contributed by atoms with Crippen molar-refractivity contribution < 1.29 is 14.7 Å². The highest BCUT2D eigenvalue weighted by Crippen LogP contribution is 2.40. The highest BCUT2D eigenvalue weighted by molar-refractivity contribution is 5.93. The van der Waals surface area contributed by atoms with Gasteiger partial charge in [-0.3, -0.25) is 14.3 Å². The maximum absolute atomic E-state index is 12.8. The Balaban J connectivity index is 1.77. The number of hydrogen-bond donors (Lipinski definition) is 1. The van der Waals surface area contributed by atoms with Crippen molar-refractivity contribution in [2.24, 2.45) is 13.0 Å². The van der Waals surface area contributed by atoms with Gasteiger partial charge in [-0.25, -0.2) is 0 Å². The standard InChI is InChI=1S/C15H21N3O3/c1-9-5-13(17(2)16-9)15(21)18-11-3-4-12(18)7-10(6-11)8-14(19)20/h5,10-12H,3-4,6-8H2,1-2H3,(H,19,20). The van der Waals surface area contributed by atoms with Crippen molar-refractivity contribution in [2.45, 2.75) is 51.1 Å². The van der Waals surface area contributed by atoms with Gasteiger partial charge in [0.2, 0.25) is 0 Å². The van der Waals surface area contributed by atoms with Gasteiger partial charge in [0.1, 0.15) is 5.69 Å². The molecule has 2 saturated heterocycles. The first-order valence-electron chi connectivity index (χ1n) is 7.50. The molecule has 1 aromatic rings. The largest absolute Gasteiger partial charge is 0.481 e. The molecule has 0 aromatic carbocycles. The van der Waals surface area contributed by atoms with Gasteiger partial charge in [0.05, 0.1) is 5.69 Å². The van der Waals surface area contributed by atoms with E-state index in [2.05, 4.69) is 5.10 Å². The lowest BCUT2D eigenvalue weighted by atomic mass is 9.88. The van der Waals surface area contributed by atoms with Crippen LogP contribution in [0, 0.1) is 12.8 Å². The summed E-state index contributed by atoms with van der Waals surface area (Å²) in [7, 11) is 1.79. The number of hydrogen-bond acceptors (Lipinski definition) is 3. The normalized spacial score (nSPS) is 27.9. The van der Waals surface area contributed by atoms with Gasteiger partial charge >= 0.3 is 5.97 Å². The SMILES string of the molecule is Cc1cc(C(=O)N2C3CCC2CC(CC(=O)O)C3)n(C)n1.